The predicted octanol–water partition coefficient (Wildman–Crippen LogP) is 3.62. The number of amides is 1. The molecule has 2 fully saturated rings. The maximum absolute atomic E-state index is 12.2. The Kier molecular flexibility index (Phi) is 8.04. The molecule has 3 rings (SSSR count). The van der Waals surface area contributed by atoms with Gasteiger partial charge in [-0.3, -0.25) is 4.79 Å². The first kappa shape index (κ1) is 20.1. The van der Waals surface area contributed by atoms with Gasteiger partial charge in [-0.1, -0.05) is 12.1 Å². The average molecular weight is 367 g/mol. The highest BCUT2D eigenvalue weighted by atomic mass is 35.5. The van der Waals surface area contributed by atoms with Crippen molar-refractivity contribution in [3.63, 3.8) is 0 Å². The number of piperidine rings is 1. The number of carbonyl (C=O) groups is 1. The van der Waals surface area contributed by atoms with Crippen LogP contribution in [-0.4, -0.2) is 30.6 Å². The zero-order valence-corrected chi connectivity index (χ0v) is 15.9. The van der Waals surface area contributed by atoms with Gasteiger partial charge in [-0.25, -0.2) is 0 Å². The first-order valence-corrected chi connectivity index (χ1v) is 9.49. The zero-order valence-electron chi connectivity index (χ0n) is 15.1. The summed E-state index contributed by atoms with van der Waals surface area (Å²) in [5.74, 6) is 1.10. The van der Waals surface area contributed by atoms with E-state index in [1.807, 2.05) is 12.1 Å². The normalized spacial score (nSPS) is 23.7. The van der Waals surface area contributed by atoms with Gasteiger partial charge < -0.3 is 15.4 Å². The third-order valence-electron chi connectivity index (χ3n) is 5.25. The SMILES string of the molecule is CC1NCCCC1NC(=O)CCc1cccc(OC2CCCC2)c1.Cl. The Labute approximate surface area is 157 Å². The Balaban J connectivity index is 0.00000225. The molecule has 1 saturated carbocycles. The highest BCUT2D eigenvalue weighted by molar-refractivity contribution is 5.85. The minimum absolute atomic E-state index is 0. The summed E-state index contributed by atoms with van der Waals surface area (Å²) in [6.07, 6.45) is 8.78. The van der Waals surface area contributed by atoms with Crippen LogP contribution in [0.15, 0.2) is 24.3 Å². The van der Waals surface area contributed by atoms with E-state index in [4.69, 9.17) is 4.74 Å². The van der Waals surface area contributed by atoms with E-state index in [9.17, 15) is 4.79 Å². The molecule has 5 heteroatoms. The molecule has 1 amide bonds. The van der Waals surface area contributed by atoms with Crippen molar-refractivity contribution in [1.82, 2.24) is 10.6 Å². The zero-order chi connectivity index (χ0) is 16.8. The standard InChI is InChI=1S/C20H30N2O2.ClH/c1-15-19(10-5-13-21-15)22-20(23)12-11-16-6-4-9-18(14-16)24-17-7-2-3-8-17;/h4,6,9,14-15,17,19,21H,2-3,5,7-8,10-13H2,1H3,(H,22,23);1H. The van der Waals surface area contributed by atoms with Gasteiger partial charge in [0.25, 0.3) is 0 Å². The summed E-state index contributed by atoms with van der Waals surface area (Å²) < 4.78 is 6.05. The number of halogens is 1. The third-order valence-corrected chi connectivity index (χ3v) is 5.25. The molecule has 1 aliphatic carbocycles. The van der Waals surface area contributed by atoms with E-state index in [-0.39, 0.29) is 24.4 Å². The van der Waals surface area contributed by atoms with Crippen LogP contribution in [0.25, 0.3) is 0 Å². The van der Waals surface area contributed by atoms with Crippen molar-refractivity contribution in [2.24, 2.45) is 0 Å². The van der Waals surface area contributed by atoms with E-state index in [2.05, 4.69) is 29.7 Å². The van der Waals surface area contributed by atoms with E-state index in [0.29, 0.717) is 18.6 Å². The lowest BCUT2D eigenvalue weighted by atomic mass is 9.99. The number of hydrogen-bond acceptors (Lipinski definition) is 3. The molecule has 1 heterocycles. The molecular weight excluding hydrogens is 336 g/mol. The van der Waals surface area contributed by atoms with Gasteiger partial charge >= 0.3 is 0 Å². The summed E-state index contributed by atoms with van der Waals surface area (Å²) in [5, 5.41) is 6.60. The Hall–Kier alpha value is -1.26. The number of aryl methyl sites for hydroxylation is 1. The van der Waals surface area contributed by atoms with Crippen LogP contribution in [0, 0.1) is 0 Å². The lowest BCUT2D eigenvalue weighted by Crippen LogP contribution is -2.51. The van der Waals surface area contributed by atoms with Crippen LogP contribution in [-0.2, 0) is 11.2 Å². The van der Waals surface area contributed by atoms with Gasteiger partial charge in [0.05, 0.1) is 6.10 Å². The van der Waals surface area contributed by atoms with Crippen molar-refractivity contribution in [2.75, 3.05) is 6.54 Å². The fourth-order valence-corrected chi connectivity index (χ4v) is 3.75. The van der Waals surface area contributed by atoms with Crippen molar-refractivity contribution in [1.29, 1.82) is 0 Å². The van der Waals surface area contributed by atoms with Gasteiger partial charge in [0, 0.05) is 18.5 Å². The molecule has 4 nitrogen and oxygen atoms in total. The second-order valence-corrected chi connectivity index (χ2v) is 7.23. The number of benzene rings is 1. The molecular formula is C20H31ClN2O2. The molecule has 2 N–H and O–H groups in total. The van der Waals surface area contributed by atoms with Gasteiger partial charge in [0.2, 0.25) is 5.91 Å². The Bertz CT molecular complexity index is 546. The van der Waals surface area contributed by atoms with Crippen LogP contribution in [0.4, 0.5) is 0 Å². The van der Waals surface area contributed by atoms with E-state index in [0.717, 1.165) is 31.6 Å². The average Bonchev–Trinajstić information content (AvgIpc) is 3.08. The molecule has 0 bridgehead atoms. The topological polar surface area (TPSA) is 50.4 Å². The third kappa shape index (κ3) is 6.19. The maximum Gasteiger partial charge on any atom is 0.220 e. The van der Waals surface area contributed by atoms with Gasteiger partial charge in [-0.15, -0.1) is 12.4 Å². The van der Waals surface area contributed by atoms with Gasteiger partial charge in [0.1, 0.15) is 5.75 Å². The largest absolute Gasteiger partial charge is 0.490 e. The minimum atomic E-state index is 0. The molecule has 1 aliphatic heterocycles. The van der Waals surface area contributed by atoms with Crippen LogP contribution < -0.4 is 15.4 Å². The summed E-state index contributed by atoms with van der Waals surface area (Å²) in [5.41, 5.74) is 1.18. The van der Waals surface area contributed by atoms with Crippen molar-refractivity contribution in [3.05, 3.63) is 29.8 Å². The number of nitrogens with one attached hydrogen (secondary N) is 2. The lowest BCUT2D eigenvalue weighted by Gasteiger charge is -2.30. The maximum atomic E-state index is 12.2. The van der Waals surface area contributed by atoms with Crippen molar-refractivity contribution in [2.45, 2.75) is 76.5 Å². The van der Waals surface area contributed by atoms with E-state index in [1.54, 1.807) is 0 Å². The van der Waals surface area contributed by atoms with Crippen LogP contribution in [0.3, 0.4) is 0 Å². The fraction of sp³-hybridized carbons (Fsp3) is 0.650. The van der Waals surface area contributed by atoms with E-state index >= 15 is 0 Å². The Morgan fingerprint density at radius 1 is 1.24 bits per heavy atom. The quantitative estimate of drug-likeness (QED) is 0.808. The summed E-state index contributed by atoms with van der Waals surface area (Å²) in [4.78, 5) is 12.2. The van der Waals surface area contributed by atoms with E-state index in [1.165, 1.54) is 31.2 Å². The number of hydrogen-bond donors (Lipinski definition) is 2. The summed E-state index contributed by atoms with van der Waals surface area (Å²) in [7, 11) is 0. The first-order chi connectivity index (χ1) is 11.7. The second kappa shape index (κ2) is 10.0. The van der Waals surface area contributed by atoms with Gasteiger partial charge in [-0.05, 0) is 76.1 Å². The summed E-state index contributed by atoms with van der Waals surface area (Å²) in [6.45, 7) is 3.20. The van der Waals surface area contributed by atoms with E-state index < -0.39 is 0 Å². The van der Waals surface area contributed by atoms with Crippen molar-refractivity contribution >= 4 is 18.3 Å². The molecule has 140 valence electrons. The van der Waals surface area contributed by atoms with Crippen molar-refractivity contribution < 1.29 is 9.53 Å². The van der Waals surface area contributed by atoms with Crippen molar-refractivity contribution in [3.8, 4) is 5.75 Å². The molecule has 2 aliphatic rings. The lowest BCUT2D eigenvalue weighted by molar-refractivity contribution is -0.122. The molecule has 1 aromatic carbocycles. The second-order valence-electron chi connectivity index (χ2n) is 7.23. The highest BCUT2D eigenvalue weighted by Gasteiger charge is 2.22. The van der Waals surface area contributed by atoms with Crippen LogP contribution in [0.1, 0.15) is 57.4 Å². The highest BCUT2D eigenvalue weighted by Crippen LogP contribution is 2.24. The molecule has 1 aromatic rings. The van der Waals surface area contributed by atoms with Crippen LogP contribution in [0.5, 0.6) is 5.75 Å². The molecule has 0 aromatic heterocycles. The number of ether oxygens (including phenoxy) is 1. The smallest absolute Gasteiger partial charge is 0.220 e. The van der Waals surface area contributed by atoms with Gasteiger partial charge in [0.15, 0.2) is 0 Å². The molecule has 25 heavy (non-hydrogen) atoms. The molecule has 0 spiro atoms. The Morgan fingerprint density at radius 2 is 2.04 bits per heavy atom. The predicted molar refractivity (Wildman–Crippen MR) is 104 cm³/mol. The molecule has 0 radical (unpaired) electrons. The fourth-order valence-electron chi connectivity index (χ4n) is 3.75. The number of rotatable bonds is 6. The molecule has 2 atom stereocenters. The summed E-state index contributed by atoms with van der Waals surface area (Å²) >= 11 is 0. The number of carbonyl (C=O) groups excluding carboxylic acids is 1. The molecule has 1 saturated heterocycles. The monoisotopic (exact) mass is 366 g/mol. The minimum Gasteiger partial charge on any atom is -0.490 e. The van der Waals surface area contributed by atoms with Crippen LogP contribution >= 0.6 is 12.4 Å². The van der Waals surface area contributed by atoms with Crippen LogP contribution in [0.2, 0.25) is 0 Å². The first-order valence-electron chi connectivity index (χ1n) is 9.49. The summed E-state index contributed by atoms with van der Waals surface area (Å²) in [6, 6.07) is 8.87. The Morgan fingerprint density at radius 3 is 2.80 bits per heavy atom. The molecule has 2 unspecified atom stereocenters. The van der Waals surface area contributed by atoms with Gasteiger partial charge in [-0.2, -0.15) is 0 Å².